The van der Waals surface area contributed by atoms with Gasteiger partial charge in [0.25, 0.3) is 0 Å². The number of carbonyl (C=O) groups is 1. The fourth-order valence-corrected chi connectivity index (χ4v) is 1.99. The fraction of sp³-hybridized carbons (Fsp3) is 0.188. The van der Waals surface area contributed by atoms with Crippen LogP contribution in [-0.2, 0) is 4.79 Å². The molecule has 2 aromatic carbocycles. The van der Waals surface area contributed by atoms with Crippen molar-refractivity contribution in [1.82, 2.24) is 0 Å². The van der Waals surface area contributed by atoms with Crippen LogP contribution in [0.1, 0.15) is 0 Å². The fourth-order valence-electron chi connectivity index (χ4n) is 1.99. The van der Waals surface area contributed by atoms with Crippen molar-refractivity contribution in [2.24, 2.45) is 0 Å². The van der Waals surface area contributed by atoms with Crippen LogP contribution in [0.15, 0.2) is 48.5 Å². The standard InChI is InChI=1S/C16H17NO4/c1-20-14-7-3-12(4-8-14)17(11-16(18)19)13-5-9-15(21-2)10-6-13/h3-10H,11H2,1-2H3,(H,18,19). The molecule has 0 aliphatic heterocycles. The SMILES string of the molecule is COc1ccc(N(CC(=O)O)c2ccc(OC)cc2)cc1. The number of methoxy groups -OCH3 is 2. The van der Waals surface area contributed by atoms with E-state index in [-0.39, 0.29) is 6.54 Å². The highest BCUT2D eigenvalue weighted by Gasteiger charge is 2.13. The molecule has 0 unspecified atom stereocenters. The number of benzene rings is 2. The predicted octanol–water partition coefficient (Wildman–Crippen LogP) is 2.93. The molecule has 0 aliphatic rings. The zero-order valence-electron chi connectivity index (χ0n) is 11.9. The van der Waals surface area contributed by atoms with Crippen molar-refractivity contribution < 1.29 is 19.4 Å². The van der Waals surface area contributed by atoms with E-state index < -0.39 is 5.97 Å². The molecule has 0 radical (unpaired) electrons. The van der Waals surface area contributed by atoms with E-state index in [2.05, 4.69) is 0 Å². The van der Waals surface area contributed by atoms with Gasteiger partial charge in [0.2, 0.25) is 0 Å². The van der Waals surface area contributed by atoms with E-state index in [0.717, 1.165) is 22.9 Å². The monoisotopic (exact) mass is 287 g/mol. The molecule has 0 aliphatic carbocycles. The summed E-state index contributed by atoms with van der Waals surface area (Å²) < 4.78 is 10.2. The summed E-state index contributed by atoms with van der Waals surface area (Å²) in [7, 11) is 3.18. The Hall–Kier alpha value is -2.69. The van der Waals surface area contributed by atoms with Gasteiger partial charge >= 0.3 is 5.97 Å². The Morgan fingerprint density at radius 3 is 1.57 bits per heavy atom. The summed E-state index contributed by atoms with van der Waals surface area (Å²) in [6, 6.07) is 14.5. The summed E-state index contributed by atoms with van der Waals surface area (Å²) in [4.78, 5) is 12.8. The Kier molecular flexibility index (Phi) is 4.66. The average molecular weight is 287 g/mol. The van der Waals surface area contributed by atoms with Gasteiger partial charge in [-0.1, -0.05) is 0 Å². The molecule has 0 spiro atoms. The van der Waals surface area contributed by atoms with Crippen LogP contribution in [0.25, 0.3) is 0 Å². The molecular formula is C16H17NO4. The molecule has 0 bridgehead atoms. The Balaban J connectivity index is 2.33. The van der Waals surface area contributed by atoms with E-state index in [0.29, 0.717) is 0 Å². The van der Waals surface area contributed by atoms with Gasteiger partial charge in [-0.15, -0.1) is 0 Å². The van der Waals surface area contributed by atoms with E-state index in [1.54, 1.807) is 43.4 Å². The average Bonchev–Trinajstić information content (AvgIpc) is 2.53. The van der Waals surface area contributed by atoms with Gasteiger partial charge in [-0.3, -0.25) is 4.79 Å². The number of carboxylic acids is 1. The molecule has 110 valence electrons. The Morgan fingerprint density at radius 1 is 0.905 bits per heavy atom. The van der Waals surface area contributed by atoms with Crippen LogP contribution in [0.3, 0.4) is 0 Å². The highest BCUT2D eigenvalue weighted by molar-refractivity contribution is 5.78. The normalized spacial score (nSPS) is 10.0. The second-order valence-corrected chi connectivity index (χ2v) is 4.38. The van der Waals surface area contributed by atoms with Crippen molar-refractivity contribution in [2.45, 2.75) is 0 Å². The number of ether oxygens (including phenoxy) is 2. The smallest absolute Gasteiger partial charge is 0.323 e. The van der Waals surface area contributed by atoms with Crippen molar-refractivity contribution in [1.29, 1.82) is 0 Å². The third-order valence-electron chi connectivity index (χ3n) is 3.06. The van der Waals surface area contributed by atoms with Gasteiger partial charge in [-0.05, 0) is 48.5 Å². The maximum absolute atomic E-state index is 11.1. The first-order valence-electron chi connectivity index (χ1n) is 6.41. The summed E-state index contributed by atoms with van der Waals surface area (Å²) in [6.07, 6.45) is 0. The summed E-state index contributed by atoms with van der Waals surface area (Å²) in [5.74, 6) is 0.550. The second-order valence-electron chi connectivity index (χ2n) is 4.38. The molecule has 5 heteroatoms. The van der Waals surface area contributed by atoms with E-state index in [1.807, 2.05) is 24.3 Å². The summed E-state index contributed by atoms with van der Waals surface area (Å²) in [6.45, 7) is -0.126. The molecular weight excluding hydrogens is 270 g/mol. The number of nitrogens with zero attached hydrogens (tertiary/aromatic N) is 1. The molecule has 0 amide bonds. The summed E-state index contributed by atoms with van der Waals surface area (Å²) >= 11 is 0. The third-order valence-corrected chi connectivity index (χ3v) is 3.06. The van der Waals surface area contributed by atoms with E-state index >= 15 is 0 Å². The maximum Gasteiger partial charge on any atom is 0.323 e. The van der Waals surface area contributed by atoms with E-state index in [1.165, 1.54) is 0 Å². The molecule has 0 aromatic heterocycles. The first-order valence-corrected chi connectivity index (χ1v) is 6.41. The zero-order chi connectivity index (χ0) is 15.2. The first kappa shape index (κ1) is 14.7. The molecule has 0 saturated heterocycles. The number of hydrogen-bond donors (Lipinski definition) is 1. The molecule has 0 heterocycles. The van der Waals surface area contributed by atoms with Crippen LogP contribution < -0.4 is 14.4 Å². The molecule has 0 atom stereocenters. The minimum Gasteiger partial charge on any atom is -0.497 e. The van der Waals surface area contributed by atoms with Gasteiger partial charge in [0.05, 0.1) is 14.2 Å². The van der Waals surface area contributed by atoms with Crippen LogP contribution >= 0.6 is 0 Å². The lowest BCUT2D eigenvalue weighted by atomic mass is 10.2. The number of aliphatic carboxylic acids is 1. The number of hydrogen-bond acceptors (Lipinski definition) is 4. The first-order chi connectivity index (χ1) is 10.1. The van der Waals surface area contributed by atoms with Crippen LogP contribution in [0.5, 0.6) is 11.5 Å². The number of rotatable bonds is 6. The van der Waals surface area contributed by atoms with Gasteiger partial charge < -0.3 is 19.5 Å². The van der Waals surface area contributed by atoms with Crippen LogP contribution in [0.4, 0.5) is 11.4 Å². The van der Waals surface area contributed by atoms with Crippen molar-refractivity contribution in [3.63, 3.8) is 0 Å². The number of carboxylic acid groups (broad SMARTS) is 1. The molecule has 0 saturated carbocycles. The van der Waals surface area contributed by atoms with Crippen molar-refractivity contribution in [2.75, 3.05) is 25.7 Å². The minimum absolute atomic E-state index is 0.126. The molecule has 5 nitrogen and oxygen atoms in total. The van der Waals surface area contributed by atoms with Crippen LogP contribution in [0, 0.1) is 0 Å². The zero-order valence-corrected chi connectivity index (χ0v) is 11.9. The predicted molar refractivity (Wildman–Crippen MR) is 80.6 cm³/mol. The quantitative estimate of drug-likeness (QED) is 0.885. The van der Waals surface area contributed by atoms with E-state index in [4.69, 9.17) is 14.6 Å². The van der Waals surface area contributed by atoms with Gasteiger partial charge in [0, 0.05) is 11.4 Å². The molecule has 1 N–H and O–H groups in total. The minimum atomic E-state index is -0.901. The summed E-state index contributed by atoms with van der Waals surface area (Å²) in [5.41, 5.74) is 1.56. The molecule has 21 heavy (non-hydrogen) atoms. The van der Waals surface area contributed by atoms with Gasteiger partial charge in [0.1, 0.15) is 18.0 Å². The Labute approximate surface area is 123 Å². The largest absolute Gasteiger partial charge is 0.497 e. The lowest BCUT2D eigenvalue weighted by Gasteiger charge is -2.23. The molecule has 0 fully saturated rings. The van der Waals surface area contributed by atoms with Crippen molar-refractivity contribution in [3.05, 3.63) is 48.5 Å². The highest BCUT2D eigenvalue weighted by Crippen LogP contribution is 2.28. The second kappa shape index (κ2) is 6.65. The Morgan fingerprint density at radius 2 is 1.29 bits per heavy atom. The van der Waals surface area contributed by atoms with Crippen molar-refractivity contribution in [3.8, 4) is 11.5 Å². The van der Waals surface area contributed by atoms with Gasteiger partial charge in [-0.25, -0.2) is 0 Å². The topological polar surface area (TPSA) is 59.0 Å². The molecule has 2 aromatic rings. The maximum atomic E-state index is 11.1. The summed E-state index contributed by atoms with van der Waals surface area (Å²) in [5, 5.41) is 9.12. The Bertz CT molecular complexity index is 545. The van der Waals surface area contributed by atoms with Crippen LogP contribution in [0.2, 0.25) is 0 Å². The van der Waals surface area contributed by atoms with Gasteiger partial charge in [0.15, 0.2) is 0 Å². The highest BCUT2D eigenvalue weighted by atomic mass is 16.5. The lowest BCUT2D eigenvalue weighted by Crippen LogP contribution is -2.24. The van der Waals surface area contributed by atoms with Crippen molar-refractivity contribution >= 4 is 17.3 Å². The molecule has 2 rings (SSSR count). The third kappa shape index (κ3) is 3.66. The lowest BCUT2D eigenvalue weighted by molar-refractivity contribution is -0.135. The number of anilines is 2. The van der Waals surface area contributed by atoms with Crippen LogP contribution in [-0.4, -0.2) is 31.8 Å². The van der Waals surface area contributed by atoms with E-state index in [9.17, 15) is 4.79 Å². The van der Waals surface area contributed by atoms with Gasteiger partial charge in [-0.2, -0.15) is 0 Å².